The molecule has 6 nitrogen and oxygen atoms in total. The van der Waals surface area contributed by atoms with Gasteiger partial charge < -0.3 is 23.3 Å². The summed E-state index contributed by atoms with van der Waals surface area (Å²) in [5.74, 6) is 0.863. The molecule has 0 spiro atoms. The lowest BCUT2D eigenvalue weighted by molar-refractivity contribution is 0.00578. The predicted octanol–water partition coefficient (Wildman–Crippen LogP) is 3.79. The lowest BCUT2D eigenvalue weighted by atomic mass is 9.79. The van der Waals surface area contributed by atoms with Crippen LogP contribution in [0.3, 0.4) is 0 Å². The van der Waals surface area contributed by atoms with Gasteiger partial charge >= 0.3 is 7.12 Å². The first kappa shape index (κ1) is 22.5. The van der Waals surface area contributed by atoms with Crippen molar-refractivity contribution in [2.75, 3.05) is 13.7 Å². The summed E-state index contributed by atoms with van der Waals surface area (Å²) in [6.07, 6.45) is 0. The Balaban J connectivity index is 1.82. The van der Waals surface area contributed by atoms with Crippen LogP contribution in [0.1, 0.15) is 33.5 Å². The third-order valence-electron chi connectivity index (χ3n) is 5.87. The van der Waals surface area contributed by atoms with Crippen molar-refractivity contribution >= 4 is 31.7 Å². The number of nitrogens with zero attached hydrogens (tertiary/aromatic N) is 2. The Morgan fingerprint density at radius 1 is 1.10 bits per heavy atom. The molecular formula is C21H35BN2O4Si. The summed E-state index contributed by atoms with van der Waals surface area (Å²) in [6.45, 7) is 17.0. The van der Waals surface area contributed by atoms with Crippen molar-refractivity contribution in [3.63, 3.8) is 0 Å². The second-order valence-corrected chi connectivity index (χ2v) is 15.7. The second-order valence-electron chi connectivity index (χ2n) is 10.1. The maximum Gasteiger partial charge on any atom is 0.494 e. The Bertz CT molecular complexity index is 844. The molecule has 0 bridgehead atoms. The van der Waals surface area contributed by atoms with Gasteiger partial charge in [-0.05, 0) is 51.3 Å². The average Bonchev–Trinajstić information content (AvgIpc) is 3.04. The molecule has 2 heterocycles. The highest BCUT2D eigenvalue weighted by atomic mass is 28.3. The van der Waals surface area contributed by atoms with Crippen LogP contribution in [0.4, 0.5) is 0 Å². The van der Waals surface area contributed by atoms with E-state index >= 15 is 0 Å². The molecule has 8 heteroatoms. The number of hydrogen-bond acceptors (Lipinski definition) is 5. The first-order valence-electron chi connectivity index (χ1n) is 10.3. The number of methoxy groups -OCH3 is 1. The molecule has 1 aromatic carbocycles. The van der Waals surface area contributed by atoms with E-state index in [1.54, 1.807) is 7.11 Å². The van der Waals surface area contributed by atoms with Crippen LogP contribution in [0.15, 0.2) is 18.2 Å². The number of hydrogen-bond donors (Lipinski definition) is 0. The van der Waals surface area contributed by atoms with E-state index in [2.05, 4.69) is 70.1 Å². The van der Waals surface area contributed by atoms with E-state index in [-0.39, 0.29) is 11.2 Å². The van der Waals surface area contributed by atoms with E-state index in [0.29, 0.717) is 13.3 Å². The number of ether oxygens (including phenoxy) is 2. The van der Waals surface area contributed by atoms with Gasteiger partial charge in [-0.15, -0.1) is 0 Å². The molecule has 1 aliphatic heterocycles. The Labute approximate surface area is 176 Å². The third kappa shape index (κ3) is 4.94. The molecule has 0 unspecified atom stereocenters. The standard InChI is InChI=1S/C21H35BN2O4Si/c1-20(2)21(3,4)28-22(27-20)16-9-10-18-17(13-16)23-19(14-25-5)24(18)15-26-11-12-29(6,7)8/h9-10,13H,11-12,14-15H2,1-8H3. The molecule has 0 N–H and O–H groups in total. The van der Waals surface area contributed by atoms with E-state index in [9.17, 15) is 0 Å². The van der Waals surface area contributed by atoms with E-state index in [1.807, 2.05) is 0 Å². The van der Waals surface area contributed by atoms with Crippen LogP contribution in [0.25, 0.3) is 11.0 Å². The van der Waals surface area contributed by atoms with Gasteiger partial charge in [-0.25, -0.2) is 4.98 Å². The third-order valence-corrected chi connectivity index (χ3v) is 7.57. The van der Waals surface area contributed by atoms with Crippen molar-refractivity contribution in [3.05, 3.63) is 24.0 Å². The number of rotatable bonds is 8. The number of fused-ring (bicyclic) bond motifs is 1. The minimum absolute atomic E-state index is 0.364. The maximum absolute atomic E-state index is 6.19. The van der Waals surface area contributed by atoms with E-state index in [4.69, 9.17) is 23.8 Å². The monoisotopic (exact) mass is 418 g/mol. The molecule has 0 amide bonds. The molecule has 160 valence electrons. The van der Waals surface area contributed by atoms with Gasteiger partial charge in [-0.3, -0.25) is 0 Å². The van der Waals surface area contributed by atoms with Crippen LogP contribution in [0.5, 0.6) is 0 Å². The van der Waals surface area contributed by atoms with Crippen molar-refractivity contribution in [1.82, 2.24) is 9.55 Å². The quantitative estimate of drug-likeness (QED) is 0.482. The van der Waals surface area contributed by atoms with E-state index in [0.717, 1.165) is 35.0 Å². The molecule has 0 atom stereocenters. The smallest absolute Gasteiger partial charge is 0.399 e. The molecule has 3 rings (SSSR count). The van der Waals surface area contributed by atoms with Crippen molar-refractivity contribution < 1.29 is 18.8 Å². The number of imidazole rings is 1. The zero-order chi connectivity index (χ0) is 21.4. The van der Waals surface area contributed by atoms with Crippen LogP contribution in [0.2, 0.25) is 25.7 Å². The summed E-state index contributed by atoms with van der Waals surface area (Å²) < 4.78 is 25.8. The molecular weight excluding hydrogens is 383 g/mol. The number of benzene rings is 1. The first-order chi connectivity index (χ1) is 13.4. The molecule has 2 aromatic rings. The topological polar surface area (TPSA) is 54.7 Å². The summed E-state index contributed by atoms with van der Waals surface area (Å²) in [7, 11) is 0.181. The Morgan fingerprint density at radius 2 is 1.76 bits per heavy atom. The maximum atomic E-state index is 6.19. The molecule has 29 heavy (non-hydrogen) atoms. The zero-order valence-electron chi connectivity index (χ0n) is 19.2. The van der Waals surface area contributed by atoms with Crippen LogP contribution in [0, 0.1) is 0 Å². The van der Waals surface area contributed by atoms with Crippen LogP contribution in [-0.4, -0.2) is 49.7 Å². The highest BCUT2D eigenvalue weighted by Gasteiger charge is 2.51. The molecule has 1 fully saturated rings. The van der Waals surface area contributed by atoms with E-state index < -0.39 is 15.2 Å². The SMILES string of the molecule is COCc1nc2cc(B3OC(C)(C)C(C)(C)O3)ccc2n1COCC[Si](C)(C)C. The molecule has 0 radical (unpaired) electrons. The fourth-order valence-corrected chi connectivity index (χ4v) is 4.00. The second kappa shape index (κ2) is 8.15. The minimum Gasteiger partial charge on any atom is -0.399 e. The van der Waals surface area contributed by atoms with E-state index in [1.165, 1.54) is 0 Å². The van der Waals surface area contributed by atoms with Gasteiger partial charge in [0.1, 0.15) is 19.2 Å². The average molecular weight is 418 g/mol. The summed E-state index contributed by atoms with van der Waals surface area (Å²) in [5, 5.41) is 0. The van der Waals surface area contributed by atoms with Gasteiger partial charge in [-0.1, -0.05) is 25.7 Å². The summed E-state index contributed by atoms with van der Waals surface area (Å²) in [4.78, 5) is 4.79. The van der Waals surface area contributed by atoms with Gasteiger partial charge in [-0.2, -0.15) is 0 Å². The predicted molar refractivity (Wildman–Crippen MR) is 120 cm³/mol. The van der Waals surface area contributed by atoms with Crippen molar-refractivity contribution in [1.29, 1.82) is 0 Å². The fourth-order valence-electron chi connectivity index (χ4n) is 3.24. The van der Waals surface area contributed by atoms with Gasteiger partial charge in [0.25, 0.3) is 0 Å². The van der Waals surface area contributed by atoms with Crippen LogP contribution >= 0.6 is 0 Å². The molecule has 1 aliphatic rings. The lowest BCUT2D eigenvalue weighted by Gasteiger charge is -2.32. The highest BCUT2D eigenvalue weighted by molar-refractivity contribution is 6.76. The first-order valence-corrected chi connectivity index (χ1v) is 14.1. The molecule has 0 saturated carbocycles. The van der Waals surface area contributed by atoms with Crippen molar-refractivity contribution in [2.24, 2.45) is 0 Å². The Kier molecular flexibility index (Phi) is 6.32. The van der Waals surface area contributed by atoms with Crippen molar-refractivity contribution in [3.8, 4) is 0 Å². The molecule has 1 saturated heterocycles. The van der Waals surface area contributed by atoms with Crippen LogP contribution in [-0.2, 0) is 32.1 Å². The largest absolute Gasteiger partial charge is 0.494 e. The van der Waals surface area contributed by atoms with Crippen molar-refractivity contribution in [2.45, 2.75) is 77.9 Å². The lowest BCUT2D eigenvalue weighted by Crippen LogP contribution is -2.41. The summed E-state index contributed by atoms with van der Waals surface area (Å²) >= 11 is 0. The fraction of sp³-hybridized carbons (Fsp3) is 0.667. The Hall–Kier alpha value is -1.19. The summed E-state index contributed by atoms with van der Waals surface area (Å²) in [6, 6.07) is 7.32. The van der Waals surface area contributed by atoms with Crippen LogP contribution < -0.4 is 5.46 Å². The van der Waals surface area contributed by atoms with Gasteiger partial charge in [0, 0.05) is 21.8 Å². The van der Waals surface area contributed by atoms with Gasteiger partial charge in [0.2, 0.25) is 0 Å². The minimum atomic E-state index is -1.11. The normalized spacial score (nSPS) is 18.7. The number of aromatic nitrogens is 2. The highest BCUT2D eigenvalue weighted by Crippen LogP contribution is 2.36. The molecule has 1 aromatic heterocycles. The van der Waals surface area contributed by atoms with Gasteiger partial charge in [0.05, 0.1) is 22.2 Å². The van der Waals surface area contributed by atoms with Gasteiger partial charge in [0.15, 0.2) is 0 Å². The zero-order valence-corrected chi connectivity index (χ0v) is 20.2. The Morgan fingerprint density at radius 3 is 2.34 bits per heavy atom. The molecule has 0 aliphatic carbocycles. The summed E-state index contributed by atoms with van der Waals surface area (Å²) in [5.41, 5.74) is 2.18.